The van der Waals surface area contributed by atoms with Crippen LogP contribution < -0.4 is 0 Å². The van der Waals surface area contributed by atoms with Crippen LogP contribution in [0.25, 0.3) is 0 Å². The van der Waals surface area contributed by atoms with Crippen LogP contribution in [0.5, 0.6) is 0 Å². The van der Waals surface area contributed by atoms with Crippen molar-refractivity contribution in [2.45, 2.75) is 85.0 Å². The van der Waals surface area contributed by atoms with Crippen molar-refractivity contribution in [1.29, 1.82) is 0 Å². The summed E-state index contributed by atoms with van der Waals surface area (Å²) < 4.78 is 13.2. The van der Waals surface area contributed by atoms with E-state index in [0.717, 1.165) is 30.6 Å². The minimum Gasteiger partial charge on any atom is -0.462 e. The molecule has 2 aliphatic heterocycles. The average Bonchev–Trinajstić information content (AvgIpc) is 3.14. The zero-order valence-electron chi connectivity index (χ0n) is 19.6. The number of Topliss-reactive ketones (excluding diaryl/α,β-unsaturated/α-hetero) is 1. The number of fused-ring (bicyclic) bond motifs is 2. The predicted molar refractivity (Wildman–Crippen MR) is 121 cm³/mol. The molecule has 2 aliphatic carbocycles. The van der Waals surface area contributed by atoms with Crippen molar-refractivity contribution in [3.05, 3.63) is 58.9 Å². The Labute approximate surface area is 185 Å². The molecule has 1 spiro atoms. The van der Waals surface area contributed by atoms with E-state index in [2.05, 4.69) is 52.8 Å². The van der Waals surface area contributed by atoms with E-state index in [0.29, 0.717) is 24.0 Å². The van der Waals surface area contributed by atoms with E-state index in [1.807, 2.05) is 6.08 Å². The summed E-state index contributed by atoms with van der Waals surface area (Å²) in [6.45, 7) is 12.5. The normalized spacial score (nSPS) is 36.8. The molecule has 4 aliphatic rings. The van der Waals surface area contributed by atoms with Gasteiger partial charge in [0.25, 0.3) is 0 Å². The van der Waals surface area contributed by atoms with Gasteiger partial charge in [-0.15, -0.1) is 0 Å². The highest BCUT2D eigenvalue weighted by molar-refractivity contribution is 6.20. The second kappa shape index (κ2) is 7.16. The van der Waals surface area contributed by atoms with Crippen molar-refractivity contribution in [2.75, 3.05) is 0 Å². The Balaban J connectivity index is 1.56. The quantitative estimate of drug-likeness (QED) is 0.417. The first-order valence-electron chi connectivity index (χ1n) is 11.3. The molecule has 0 aromatic carbocycles. The molecule has 3 atom stereocenters. The van der Waals surface area contributed by atoms with Gasteiger partial charge in [-0.25, -0.2) is 0 Å². The molecule has 0 bridgehead atoms. The van der Waals surface area contributed by atoms with E-state index < -0.39 is 5.79 Å². The number of carbonyl (C=O) groups is 2. The summed E-state index contributed by atoms with van der Waals surface area (Å²) >= 11 is 0. The van der Waals surface area contributed by atoms with Gasteiger partial charge in [-0.3, -0.25) is 9.59 Å². The van der Waals surface area contributed by atoms with Gasteiger partial charge in [-0.2, -0.15) is 0 Å². The SMILES string of the molecule is CC1=CC(=O)C=C(C/C=C(\C)CC2=C[C@@]3(C)CCC[C@@]3(C)[C@]3(C=CC(C)(C)O3)O2)C1=O. The maximum Gasteiger partial charge on any atom is 0.236 e. The molecule has 4 heteroatoms. The Morgan fingerprint density at radius 2 is 1.84 bits per heavy atom. The number of hydrogen-bond donors (Lipinski definition) is 0. The lowest BCUT2D eigenvalue weighted by Crippen LogP contribution is -2.57. The maximum absolute atomic E-state index is 12.3. The summed E-state index contributed by atoms with van der Waals surface area (Å²) in [5.74, 6) is 0.0212. The van der Waals surface area contributed by atoms with Crippen molar-refractivity contribution in [3.8, 4) is 0 Å². The van der Waals surface area contributed by atoms with Gasteiger partial charge in [0.05, 0.1) is 5.60 Å². The zero-order chi connectivity index (χ0) is 22.7. The molecule has 0 radical (unpaired) electrons. The van der Waals surface area contributed by atoms with Gasteiger partial charge in [-0.05, 0) is 71.3 Å². The molecule has 2 heterocycles. The molecule has 4 rings (SSSR count). The molecule has 4 nitrogen and oxygen atoms in total. The van der Waals surface area contributed by atoms with Crippen LogP contribution in [-0.4, -0.2) is 23.0 Å². The first-order valence-corrected chi connectivity index (χ1v) is 11.3. The molecule has 0 N–H and O–H groups in total. The van der Waals surface area contributed by atoms with Gasteiger partial charge < -0.3 is 9.47 Å². The highest BCUT2D eigenvalue weighted by atomic mass is 16.7. The van der Waals surface area contributed by atoms with Crippen molar-refractivity contribution >= 4 is 11.6 Å². The van der Waals surface area contributed by atoms with E-state index in [4.69, 9.17) is 9.47 Å². The van der Waals surface area contributed by atoms with Gasteiger partial charge in [0.1, 0.15) is 5.76 Å². The smallest absolute Gasteiger partial charge is 0.236 e. The highest BCUT2D eigenvalue weighted by Gasteiger charge is 2.66. The number of ketones is 2. The molecule has 1 saturated carbocycles. The van der Waals surface area contributed by atoms with Crippen LogP contribution in [0.2, 0.25) is 0 Å². The molecular formula is C27H34O4. The minimum absolute atomic E-state index is 0.00180. The molecule has 0 aromatic rings. The maximum atomic E-state index is 12.3. The lowest BCUT2D eigenvalue weighted by atomic mass is 9.61. The number of ether oxygens (including phenoxy) is 2. The third-order valence-corrected chi connectivity index (χ3v) is 7.73. The van der Waals surface area contributed by atoms with Crippen molar-refractivity contribution in [2.24, 2.45) is 10.8 Å². The number of carbonyl (C=O) groups excluding carboxylic acids is 2. The summed E-state index contributed by atoms with van der Waals surface area (Å²) in [5, 5.41) is 0. The van der Waals surface area contributed by atoms with Gasteiger partial charge in [-0.1, -0.05) is 38.0 Å². The standard InChI is InChI=1S/C27H34O4/c1-18(8-9-20-16-21(28)15-19(2)23(20)29)14-22-17-25(5)10-7-11-26(25,6)27(30-22)13-12-24(3,4)31-27/h8,12-13,15-17H,7,9-11,14H2,1-6H3/b18-8+/t25-,26-,27-/m1/s1. The average molecular weight is 423 g/mol. The van der Waals surface area contributed by atoms with Crippen LogP contribution in [0.1, 0.15) is 73.6 Å². The van der Waals surface area contributed by atoms with Crippen LogP contribution in [0.3, 0.4) is 0 Å². The number of rotatable bonds is 4. The molecule has 0 aromatic heterocycles. The van der Waals surface area contributed by atoms with Gasteiger partial charge in [0.15, 0.2) is 11.6 Å². The first-order chi connectivity index (χ1) is 14.4. The van der Waals surface area contributed by atoms with E-state index in [1.165, 1.54) is 12.2 Å². The van der Waals surface area contributed by atoms with E-state index in [1.54, 1.807) is 6.92 Å². The topological polar surface area (TPSA) is 52.6 Å². The molecule has 0 saturated heterocycles. The molecule has 1 fully saturated rings. The van der Waals surface area contributed by atoms with Crippen LogP contribution in [-0.2, 0) is 19.1 Å². The van der Waals surface area contributed by atoms with Gasteiger partial charge in [0.2, 0.25) is 5.79 Å². The van der Waals surface area contributed by atoms with Gasteiger partial charge >= 0.3 is 0 Å². The Morgan fingerprint density at radius 3 is 2.52 bits per heavy atom. The summed E-state index contributed by atoms with van der Waals surface area (Å²) in [6, 6.07) is 0. The van der Waals surface area contributed by atoms with Crippen LogP contribution in [0.15, 0.2) is 58.9 Å². The number of hydrogen-bond acceptors (Lipinski definition) is 4. The Hall–Kier alpha value is -2.20. The van der Waals surface area contributed by atoms with Gasteiger partial charge in [0, 0.05) is 28.4 Å². The summed E-state index contributed by atoms with van der Waals surface area (Å²) in [6.07, 6.45) is 15.9. The van der Waals surface area contributed by atoms with Crippen molar-refractivity contribution in [1.82, 2.24) is 0 Å². The monoisotopic (exact) mass is 422 g/mol. The Bertz CT molecular complexity index is 989. The second-order valence-corrected chi connectivity index (χ2v) is 10.7. The fourth-order valence-corrected chi connectivity index (χ4v) is 5.67. The molecule has 0 amide bonds. The number of allylic oxidation sites excluding steroid dienone is 7. The summed E-state index contributed by atoms with van der Waals surface area (Å²) in [4.78, 5) is 24.1. The highest BCUT2D eigenvalue weighted by Crippen LogP contribution is 2.66. The Kier molecular flexibility index (Phi) is 5.09. The van der Waals surface area contributed by atoms with E-state index in [9.17, 15) is 9.59 Å². The van der Waals surface area contributed by atoms with Crippen LogP contribution in [0.4, 0.5) is 0 Å². The molecule has 0 unspecified atom stereocenters. The van der Waals surface area contributed by atoms with E-state index in [-0.39, 0.29) is 28.0 Å². The predicted octanol–water partition coefficient (Wildman–Crippen LogP) is 5.91. The summed E-state index contributed by atoms with van der Waals surface area (Å²) in [5.41, 5.74) is 1.71. The zero-order valence-corrected chi connectivity index (χ0v) is 19.6. The van der Waals surface area contributed by atoms with Crippen LogP contribution >= 0.6 is 0 Å². The second-order valence-electron chi connectivity index (χ2n) is 10.7. The van der Waals surface area contributed by atoms with E-state index >= 15 is 0 Å². The molecular weight excluding hydrogens is 388 g/mol. The van der Waals surface area contributed by atoms with Crippen molar-refractivity contribution in [3.63, 3.8) is 0 Å². The molecule has 166 valence electrons. The third-order valence-electron chi connectivity index (χ3n) is 7.73. The molecule has 31 heavy (non-hydrogen) atoms. The van der Waals surface area contributed by atoms with Crippen molar-refractivity contribution < 1.29 is 19.1 Å². The summed E-state index contributed by atoms with van der Waals surface area (Å²) in [7, 11) is 0. The van der Waals surface area contributed by atoms with Crippen LogP contribution in [0, 0.1) is 10.8 Å². The largest absolute Gasteiger partial charge is 0.462 e. The third kappa shape index (κ3) is 3.59. The minimum atomic E-state index is -0.748. The lowest BCUT2D eigenvalue weighted by Gasteiger charge is -2.54. The lowest BCUT2D eigenvalue weighted by molar-refractivity contribution is -0.292. The Morgan fingerprint density at radius 1 is 1.10 bits per heavy atom. The fraction of sp³-hybridized carbons (Fsp3) is 0.556. The fourth-order valence-electron chi connectivity index (χ4n) is 5.67. The first kappa shape index (κ1) is 22.0.